The molecule has 0 bridgehead atoms. The molecular formula is C26H39NO11. The van der Waals surface area contributed by atoms with Gasteiger partial charge in [-0.1, -0.05) is 47.6 Å². The Morgan fingerprint density at radius 3 is 1.82 bits per heavy atom. The number of carboxylic acids is 1. The van der Waals surface area contributed by atoms with Crippen molar-refractivity contribution >= 4 is 24.4 Å². The fraction of sp³-hybridized carbons (Fsp3) is 0.615. The van der Waals surface area contributed by atoms with Gasteiger partial charge < -0.3 is 39.3 Å². The number of benzene rings is 1. The number of carbonyl (C=O) groups excluding carboxylic acids is 3. The van der Waals surface area contributed by atoms with Crippen molar-refractivity contribution in [1.82, 2.24) is 0 Å². The summed E-state index contributed by atoms with van der Waals surface area (Å²) in [7, 11) is 1.12. The largest absolute Gasteiger partial charge is 0.513 e. The zero-order chi connectivity index (χ0) is 29.3. The summed E-state index contributed by atoms with van der Waals surface area (Å²) in [5, 5.41) is 9.81. The first kappa shape index (κ1) is 32.5. The molecule has 0 aliphatic rings. The van der Waals surface area contributed by atoms with Gasteiger partial charge in [-0.15, -0.1) is 0 Å². The van der Waals surface area contributed by atoms with Crippen LogP contribution in [0.15, 0.2) is 18.2 Å². The minimum Gasteiger partial charge on any atom is -0.480 e. The summed E-state index contributed by atoms with van der Waals surface area (Å²) >= 11 is 0. The van der Waals surface area contributed by atoms with Crippen LogP contribution in [-0.4, -0.2) is 61.5 Å². The lowest BCUT2D eigenvalue weighted by molar-refractivity contribution is -0.144. The Bertz CT molecular complexity index is 994. The van der Waals surface area contributed by atoms with Crippen molar-refractivity contribution < 1.29 is 52.7 Å². The minimum absolute atomic E-state index is 0.0539. The molecule has 0 radical (unpaired) electrons. The van der Waals surface area contributed by atoms with Crippen molar-refractivity contribution in [3.8, 4) is 11.5 Å². The van der Waals surface area contributed by atoms with E-state index in [1.807, 2.05) is 41.5 Å². The quantitative estimate of drug-likeness (QED) is 0.238. The van der Waals surface area contributed by atoms with Crippen molar-refractivity contribution in [2.75, 3.05) is 20.3 Å². The molecular weight excluding hydrogens is 502 g/mol. The van der Waals surface area contributed by atoms with Gasteiger partial charge in [-0.3, -0.25) is 4.79 Å². The monoisotopic (exact) mass is 541 g/mol. The molecule has 12 heteroatoms. The number of rotatable bonds is 10. The second-order valence-corrected chi connectivity index (χ2v) is 11.4. The maximum atomic E-state index is 12.3. The van der Waals surface area contributed by atoms with Gasteiger partial charge in [-0.05, 0) is 35.4 Å². The minimum atomic E-state index is -1.87. The van der Waals surface area contributed by atoms with Crippen molar-refractivity contribution in [1.29, 1.82) is 0 Å². The number of methoxy groups -OCH3 is 1. The van der Waals surface area contributed by atoms with Crippen LogP contribution in [0.3, 0.4) is 0 Å². The topological polar surface area (TPSA) is 170 Å². The van der Waals surface area contributed by atoms with Crippen LogP contribution in [-0.2, 0) is 30.2 Å². The van der Waals surface area contributed by atoms with Crippen molar-refractivity contribution in [3.05, 3.63) is 23.8 Å². The first-order valence-corrected chi connectivity index (χ1v) is 11.9. The van der Waals surface area contributed by atoms with E-state index >= 15 is 0 Å². The van der Waals surface area contributed by atoms with E-state index in [4.69, 9.17) is 29.4 Å². The third kappa shape index (κ3) is 12.1. The van der Waals surface area contributed by atoms with Crippen LogP contribution >= 0.6 is 0 Å². The molecule has 0 spiro atoms. The first-order valence-electron chi connectivity index (χ1n) is 11.9. The van der Waals surface area contributed by atoms with Gasteiger partial charge in [0, 0.05) is 12.8 Å². The van der Waals surface area contributed by atoms with Gasteiger partial charge in [0.15, 0.2) is 11.5 Å². The van der Waals surface area contributed by atoms with E-state index in [0.29, 0.717) is 5.56 Å². The average Bonchev–Trinajstić information content (AvgIpc) is 2.76. The molecule has 38 heavy (non-hydrogen) atoms. The zero-order valence-electron chi connectivity index (χ0n) is 23.2. The molecule has 214 valence electrons. The lowest BCUT2D eigenvalue weighted by Gasteiger charge is -2.28. The van der Waals surface area contributed by atoms with Gasteiger partial charge in [0.1, 0.15) is 11.6 Å². The predicted octanol–water partition coefficient (Wildman–Crippen LogP) is 4.70. The number of ether oxygens (including phenoxy) is 6. The molecule has 0 fully saturated rings. The predicted molar refractivity (Wildman–Crippen MR) is 135 cm³/mol. The lowest BCUT2D eigenvalue weighted by atomic mass is 9.86. The Morgan fingerprint density at radius 1 is 0.868 bits per heavy atom. The van der Waals surface area contributed by atoms with E-state index in [2.05, 4.69) is 4.74 Å². The number of nitrogens with two attached hydrogens (primary N) is 1. The second kappa shape index (κ2) is 13.3. The highest BCUT2D eigenvalue weighted by Gasteiger charge is 2.37. The molecule has 0 heterocycles. The molecule has 0 aliphatic heterocycles. The van der Waals surface area contributed by atoms with Gasteiger partial charge in [0.25, 0.3) is 0 Å². The highest BCUT2D eigenvalue weighted by Crippen LogP contribution is 2.32. The van der Waals surface area contributed by atoms with E-state index in [1.54, 1.807) is 0 Å². The Labute approximate surface area is 222 Å². The van der Waals surface area contributed by atoms with Crippen molar-refractivity contribution in [2.24, 2.45) is 16.6 Å². The third-order valence-corrected chi connectivity index (χ3v) is 4.70. The molecule has 2 atom stereocenters. The number of carboxylic acid groups (broad SMARTS) is 1. The molecule has 0 amide bonds. The SMILES string of the molecule is COC(=O)O[C@@H](C)CC(N)(Cc1ccc(OC(=O)OCC(C)(C)C)c(OC(=O)OCC(C)(C)C)c1)C(=O)O. The molecule has 0 aromatic heterocycles. The summed E-state index contributed by atoms with van der Waals surface area (Å²) < 4.78 is 30.1. The third-order valence-electron chi connectivity index (χ3n) is 4.70. The van der Waals surface area contributed by atoms with E-state index in [-0.39, 0.29) is 48.4 Å². The van der Waals surface area contributed by atoms with E-state index < -0.39 is 36.1 Å². The summed E-state index contributed by atoms with van der Waals surface area (Å²) in [4.78, 5) is 48.0. The summed E-state index contributed by atoms with van der Waals surface area (Å²) in [5.41, 5.74) is 3.98. The van der Waals surface area contributed by atoms with Gasteiger partial charge in [-0.2, -0.15) is 0 Å². The molecule has 1 aromatic carbocycles. The highest BCUT2D eigenvalue weighted by molar-refractivity contribution is 5.79. The van der Waals surface area contributed by atoms with Gasteiger partial charge in [0.2, 0.25) is 0 Å². The van der Waals surface area contributed by atoms with Crippen LogP contribution in [0, 0.1) is 10.8 Å². The smallest absolute Gasteiger partial charge is 0.480 e. The standard InChI is InChI=1S/C26H39NO11/c1-16(36-21(30)33-8)12-26(27,20(28)29)13-17-9-10-18(37-22(31)34-14-24(2,3)4)19(11-17)38-23(32)35-15-25(5,6)7/h9-11,16H,12-15,27H2,1-8H3,(H,28,29)/t16-,26?/m0/s1. The molecule has 1 rings (SSSR count). The van der Waals surface area contributed by atoms with Gasteiger partial charge in [-0.25, -0.2) is 14.4 Å². The van der Waals surface area contributed by atoms with Crippen LogP contribution in [0.5, 0.6) is 11.5 Å². The molecule has 0 saturated carbocycles. The summed E-state index contributed by atoms with van der Waals surface area (Å²) in [6.45, 7) is 12.8. The van der Waals surface area contributed by atoms with Crippen LogP contribution < -0.4 is 15.2 Å². The first-order chi connectivity index (χ1) is 17.3. The molecule has 0 aliphatic carbocycles. The van der Waals surface area contributed by atoms with Crippen LogP contribution in [0.1, 0.15) is 60.5 Å². The molecule has 0 saturated heterocycles. The number of hydrogen-bond donors (Lipinski definition) is 2. The fourth-order valence-corrected chi connectivity index (χ4v) is 2.98. The van der Waals surface area contributed by atoms with Crippen LogP contribution in [0.25, 0.3) is 0 Å². The maximum Gasteiger partial charge on any atom is 0.513 e. The zero-order valence-corrected chi connectivity index (χ0v) is 23.2. The molecule has 3 N–H and O–H groups in total. The van der Waals surface area contributed by atoms with Crippen molar-refractivity contribution in [3.63, 3.8) is 0 Å². The maximum absolute atomic E-state index is 12.3. The van der Waals surface area contributed by atoms with Crippen LogP contribution in [0.4, 0.5) is 14.4 Å². The van der Waals surface area contributed by atoms with E-state index in [0.717, 1.165) is 7.11 Å². The lowest BCUT2D eigenvalue weighted by Crippen LogP contribution is -2.52. The second-order valence-electron chi connectivity index (χ2n) is 11.4. The van der Waals surface area contributed by atoms with Gasteiger partial charge in [0.05, 0.1) is 20.3 Å². The number of carbonyl (C=O) groups is 4. The summed E-state index contributed by atoms with van der Waals surface area (Å²) in [5.74, 6) is -1.71. The van der Waals surface area contributed by atoms with E-state index in [9.17, 15) is 24.3 Å². The molecule has 1 aromatic rings. The van der Waals surface area contributed by atoms with E-state index in [1.165, 1.54) is 25.1 Å². The number of hydrogen-bond acceptors (Lipinski definition) is 11. The average molecular weight is 542 g/mol. The highest BCUT2D eigenvalue weighted by atomic mass is 16.7. The fourth-order valence-electron chi connectivity index (χ4n) is 2.98. The van der Waals surface area contributed by atoms with Gasteiger partial charge >= 0.3 is 24.4 Å². The van der Waals surface area contributed by atoms with Crippen molar-refractivity contribution in [2.45, 2.75) is 73.0 Å². The Kier molecular flexibility index (Phi) is 11.4. The Hall–Kier alpha value is -3.54. The number of aliphatic carboxylic acids is 1. The summed E-state index contributed by atoms with van der Waals surface area (Å²) in [6, 6.07) is 4.08. The van der Waals surface area contributed by atoms with Crippen LogP contribution in [0.2, 0.25) is 0 Å². The molecule has 12 nitrogen and oxygen atoms in total. The normalized spacial score (nSPS) is 13.9. The summed E-state index contributed by atoms with van der Waals surface area (Å²) in [6.07, 6.45) is -4.44. The molecule has 1 unspecified atom stereocenters. The Balaban J connectivity index is 3.22. The Morgan fingerprint density at radius 2 is 1.37 bits per heavy atom.